The van der Waals surface area contributed by atoms with Crippen molar-refractivity contribution in [3.8, 4) is 6.07 Å². The monoisotopic (exact) mass is 362 g/mol. The minimum absolute atomic E-state index is 0.0964. The number of carbonyl (C=O) groups is 2. The van der Waals surface area contributed by atoms with Crippen LogP contribution < -0.4 is 5.32 Å². The zero-order valence-electron chi connectivity index (χ0n) is 11.3. The highest BCUT2D eigenvalue weighted by Crippen LogP contribution is 2.17. The number of hydrogen-bond acceptors (Lipinski definition) is 5. The van der Waals surface area contributed by atoms with Gasteiger partial charge in [-0.3, -0.25) is 9.59 Å². The number of fused-ring (bicyclic) bond motifs is 1. The number of rotatable bonds is 3. The summed E-state index contributed by atoms with van der Waals surface area (Å²) in [5.41, 5.74) is 1.27. The number of carbonyl (C=O) groups excluding carboxylic acids is 2. The van der Waals surface area contributed by atoms with Gasteiger partial charge in [-0.25, -0.2) is 9.97 Å². The number of hydrogen-bond donors (Lipinski definition) is 2. The second-order valence-corrected chi connectivity index (χ2v) is 5.71. The van der Waals surface area contributed by atoms with Gasteiger partial charge < -0.3 is 15.2 Å². The van der Waals surface area contributed by atoms with Crippen molar-refractivity contribution >= 4 is 38.9 Å². The molecule has 0 aromatic carbocycles. The van der Waals surface area contributed by atoms with E-state index in [9.17, 15) is 9.59 Å². The zero-order chi connectivity index (χ0) is 15.7. The van der Waals surface area contributed by atoms with Crippen LogP contribution >= 0.6 is 15.9 Å². The summed E-state index contributed by atoms with van der Waals surface area (Å²) >= 11 is 3.20. The first kappa shape index (κ1) is 14.5. The highest BCUT2D eigenvalue weighted by molar-refractivity contribution is 9.10. The van der Waals surface area contributed by atoms with E-state index in [-0.39, 0.29) is 18.4 Å². The van der Waals surface area contributed by atoms with Gasteiger partial charge in [0, 0.05) is 19.3 Å². The van der Waals surface area contributed by atoms with Gasteiger partial charge in [-0.2, -0.15) is 5.26 Å². The molecule has 0 radical (unpaired) electrons. The molecule has 1 fully saturated rings. The Hall–Kier alpha value is -2.47. The lowest BCUT2D eigenvalue weighted by atomic mass is 10.0. The molecule has 9 heteroatoms. The standard InChI is InChI=1S/C13H11BrN6O2/c14-9-3-17-12-11(19-9)8(2-16-12)13(22)18-4-10(21)20-5-7(1-15)6-20/h2-3,7H,4-6H2,(H,16,17)(H,18,22). The van der Waals surface area contributed by atoms with Crippen LogP contribution in [0.25, 0.3) is 11.2 Å². The van der Waals surface area contributed by atoms with Crippen LogP contribution in [0.1, 0.15) is 10.4 Å². The van der Waals surface area contributed by atoms with E-state index in [2.05, 4.69) is 42.3 Å². The quantitative estimate of drug-likeness (QED) is 0.821. The third kappa shape index (κ3) is 2.65. The van der Waals surface area contributed by atoms with Crippen molar-refractivity contribution in [2.45, 2.75) is 0 Å². The van der Waals surface area contributed by atoms with E-state index < -0.39 is 5.91 Å². The third-order valence-electron chi connectivity index (χ3n) is 3.41. The molecule has 3 rings (SSSR count). The molecule has 2 N–H and O–H groups in total. The van der Waals surface area contributed by atoms with Crippen molar-refractivity contribution < 1.29 is 9.59 Å². The fourth-order valence-electron chi connectivity index (χ4n) is 2.17. The van der Waals surface area contributed by atoms with Gasteiger partial charge >= 0.3 is 0 Å². The molecule has 0 saturated carbocycles. The Bertz CT molecular complexity index is 789. The fourth-order valence-corrected chi connectivity index (χ4v) is 2.45. The van der Waals surface area contributed by atoms with Gasteiger partial charge in [0.15, 0.2) is 5.65 Å². The summed E-state index contributed by atoms with van der Waals surface area (Å²) in [5, 5.41) is 11.2. The van der Waals surface area contributed by atoms with Crippen LogP contribution in [-0.2, 0) is 4.79 Å². The minimum atomic E-state index is -0.399. The van der Waals surface area contributed by atoms with E-state index in [1.807, 2.05) is 0 Å². The molecule has 2 amide bonds. The maximum Gasteiger partial charge on any atom is 0.255 e. The van der Waals surface area contributed by atoms with Crippen LogP contribution in [0.5, 0.6) is 0 Å². The molecule has 1 aliphatic rings. The Kier molecular flexibility index (Phi) is 3.77. The third-order valence-corrected chi connectivity index (χ3v) is 3.80. The van der Waals surface area contributed by atoms with Crippen molar-refractivity contribution in [1.82, 2.24) is 25.2 Å². The van der Waals surface area contributed by atoms with Crippen molar-refractivity contribution in [3.63, 3.8) is 0 Å². The second-order valence-electron chi connectivity index (χ2n) is 4.90. The number of nitrogens with zero attached hydrogens (tertiary/aromatic N) is 4. The smallest absolute Gasteiger partial charge is 0.255 e. The van der Waals surface area contributed by atoms with Crippen molar-refractivity contribution in [2.24, 2.45) is 5.92 Å². The first-order valence-corrected chi connectivity index (χ1v) is 7.33. The maximum absolute atomic E-state index is 12.1. The fraction of sp³-hybridized carbons (Fsp3) is 0.308. The summed E-state index contributed by atoms with van der Waals surface area (Å²) < 4.78 is 0.521. The van der Waals surface area contributed by atoms with Crippen molar-refractivity contribution in [1.29, 1.82) is 5.26 Å². The van der Waals surface area contributed by atoms with Crippen LogP contribution in [0.2, 0.25) is 0 Å². The van der Waals surface area contributed by atoms with Crippen LogP contribution in [-0.4, -0.2) is 51.3 Å². The number of aromatic amines is 1. The highest BCUT2D eigenvalue weighted by atomic mass is 79.9. The van der Waals surface area contributed by atoms with E-state index in [0.717, 1.165) is 0 Å². The average Bonchev–Trinajstić information content (AvgIpc) is 2.86. The lowest BCUT2D eigenvalue weighted by molar-refractivity contribution is -0.135. The number of H-pyrrole nitrogens is 1. The van der Waals surface area contributed by atoms with Crippen molar-refractivity contribution in [3.05, 3.63) is 22.6 Å². The van der Waals surface area contributed by atoms with Crippen LogP contribution in [0.3, 0.4) is 0 Å². The number of amides is 2. The molecule has 0 atom stereocenters. The number of halogens is 1. The van der Waals surface area contributed by atoms with Crippen LogP contribution in [0, 0.1) is 17.2 Å². The van der Waals surface area contributed by atoms with Gasteiger partial charge in [-0.1, -0.05) is 0 Å². The molecule has 0 aliphatic carbocycles. The van der Waals surface area contributed by atoms with E-state index in [0.29, 0.717) is 34.4 Å². The summed E-state index contributed by atoms with van der Waals surface area (Å²) in [4.78, 5) is 36.7. The van der Waals surface area contributed by atoms with E-state index >= 15 is 0 Å². The summed E-state index contributed by atoms with van der Waals surface area (Å²) in [6.45, 7) is 0.749. The summed E-state index contributed by atoms with van der Waals surface area (Å²) in [5.74, 6) is -0.697. The largest absolute Gasteiger partial charge is 0.344 e. The predicted octanol–water partition coefficient (Wildman–Crippen LogP) is 0.432. The summed E-state index contributed by atoms with van der Waals surface area (Å²) in [6.07, 6.45) is 3.03. The molecule has 22 heavy (non-hydrogen) atoms. The Morgan fingerprint density at radius 3 is 3.05 bits per heavy atom. The molecule has 0 bridgehead atoms. The lowest BCUT2D eigenvalue weighted by Crippen LogP contribution is -2.52. The van der Waals surface area contributed by atoms with Crippen LogP contribution in [0.4, 0.5) is 0 Å². The predicted molar refractivity (Wildman–Crippen MR) is 79.6 cm³/mol. The Balaban J connectivity index is 1.63. The molecule has 1 aliphatic heterocycles. The van der Waals surface area contributed by atoms with Gasteiger partial charge in [0.1, 0.15) is 10.1 Å². The zero-order valence-corrected chi connectivity index (χ0v) is 12.9. The number of likely N-dealkylation sites (tertiary alicyclic amines) is 1. The highest BCUT2D eigenvalue weighted by Gasteiger charge is 2.30. The summed E-state index contributed by atoms with van der Waals surface area (Å²) in [7, 11) is 0. The first-order chi connectivity index (χ1) is 10.6. The summed E-state index contributed by atoms with van der Waals surface area (Å²) in [6, 6.07) is 2.09. The van der Waals surface area contributed by atoms with E-state index in [4.69, 9.17) is 5.26 Å². The lowest BCUT2D eigenvalue weighted by Gasteiger charge is -2.35. The van der Waals surface area contributed by atoms with Gasteiger partial charge in [0.05, 0.1) is 30.3 Å². The Morgan fingerprint density at radius 1 is 1.55 bits per heavy atom. The van der Waals surface area contributed by atoms with Crippen molar-refractivity contribution in [2.75, 3.05) is 19.6 Å². The number of nitriles is 1. The van der Waals surface area contributed by atoms with E-state index in [1.54, 1.807) is 4.90 Å². The number of nitrogens with one attached hydrogen (secondary N) is 2. The molecular weight excluding hydrogens is 352 g/mol. The van der Waals surface area contributed by atoms with Gasteiger partial charge in [-0.05, 0) is 15.9 Å². The Morgan fingerprint density at radius 2 is 2.32 bits per heavy atom. The molecule has 8 nitrogen and oxygen atoms in total. The SMILES string of the molecule is N#CC1CN(C(=O)CNC(=O)c2c[nH]c3ncc(Br)nc23)C1. The molecule has 112 valence electrons. The number of aromatic nitrogens is 3. The first-order valence-electron chi connectivity index (χ1n) is 6.53. The molecule has 2 aromatic heterocycles. The molecule has 0 spiro atoms. The van der Waals surface area contributed by atoms with E-state index in [1.165, 1.54) is 12.4 Å². The average molecular weight is 363 g/mol. The Labute approximate surface area is 133 Å². The maximum atomic E-state index is 12.1. The van der Waals surface area contributed by atoms with Gasteiger partial charge in [0.25, 0.3) is 5.91 Å². The van der Waals surface area contributed by atoms with Gasteiger partial charge in [0.2, 0.25) is 5.91 Å². The molecule has 2 aromatic rings. The molecular formula is C13H11BrN6O2. The minimum Gasteiger partial charge on any atom is -0.344 e. The van der Waals surface area contributed by atoms with Crippen LogP contribution in [0.15, 0.2) is 17.0 Å². The molecule has 0 unspecified atom stereocenters. The normalized spacial score (nSPS) is 14.5. The second kappa shape index (κ2) is 5.73. The molecule has 3 heterocycles. The molecule has 1 saturated heterocycles. The topological polar surface area (TPSA) is 115 Å². The van der Waals surface area contributed by atoms with Gasteiger partial charge in [-0.15, -0.1) is 0 Å².